The number of nitrogens with zero attached hydrogens (tertiary/aromatic N) is 4. The molecule has 104 valence electrons. The zero-order valence-corrected chi connectivity index (χ0v) is 11.8. The number of non-ortho nitro benzene ring substituents is 1. The van der Waals surface area contributed by atoms with Gasteiger partial charge in [0, 0.05) is 22.6 Å². The molecule has 0 aliphatic carbocycles. The SMILES string of the molecule is Cc1nnc(Sc2ccc([N+](=O)[O-])cc2C(N)=NO)s1. The van der Waals surface area contributed by atoms with Gasteiger partial charge in [0.15, 0.2) is 10.2 Å². The van der Waals surface area contributed by atoms with E-state index in [2.05, 4.69) is 15.4 Å². The van der Waals surface area contributed by atoms with Gasteiger partial charge < -0.3 is 10.9 Å². The number of nitrogens with two attached hydrogens (primary N) is 1. The Morgan fingerprint density at radius 3 is 2.85 bits per heavy atom. The van der Waals surface area contributed by atoms with Gasteiger partial charge in [0.2, 0.25) is 0 Å². The standard InChI is InChI=1S/C10H9N5O3S2/c1-5-12-13-10(19-5)20-8-3-2-6(15(17)18)4-7(8)9(11)14-16/h2-4,16H,1H3,(H2,11,14). The van der Waals surface area contributed by atoms with E-state index in [1.807, 2.05) is 6.92 Å². The van der Waals surface area contributed by atoms with Gasteiger partial charge in [-0.05, 0) is 13.0 Å². The lowest BCUT2D eigenvalue weighted by Crippen LogP contribution is -2.14. The number of rotatable bonds is 4. The third kappa shape index (κ3) is 3.03. The fourth-order valence-electron chi connectivity index (χ4n) is 1.39. The van der Waals surface area contributed by atoms with Crippen LogP contribution in [0.3, 0.4) is 0 Å². The zero-order valence-electron chi connectivity index (χ0n) is 10.2. The van der Waals surface area contributed by atoms with Crippen molar-refractivity contribution in [3.05, 3.63) is 38.9 Å². The summed E-state index contributed by atoms with van der Waals surface area (Å²) in [4.78, 5) is 10.8. The summed E-state index contributed by atoms with van der Waals surface area (Å²) >= 11 is 2.63. The zero-order chi connectivity index (χ0) is 14.7. The maximum atomic E-state index is 10.8. The predicted octanol–water partition coefficient (Wildman–Crippen LogP) is 2.00. The van der Waals surface area contributed by atoms with Crippen molar-refractivity contribution in [2.75, 3.05) is 0 Å². The molecule has 2 aromatic rings. The Bertz CT molecular complexity index is 685. The number of aromatic nitrogens is 2. The average molecular weight is 311 g/mol. The lowest BCUT2D eigenvalue weighted by molar-refractivity contribution is -0.384. The molecule has 0 saturated carbocycles. The highest BCUT2D eigenvalue weighted by atomic mass is 32.2. The highest BCUT2D eigenvalue weighted by Crippen LogP contribution is 2.33. The molecule has 0 aliphatic heterocycles. The predicted molar refractivity (Wildman–Crippen MR) is 74.4 cm³/mol. The molecule has 1 aromatic carbocycles. The number of nitro groups is 1. The molecule has 0 saturated heterocycles. The molecule has 10 heteroatoms. The first-order chi connectivity index (χ1) is 9.51. The number of amidine groups is 1. The van der Waals surface area contributed by atoms with Crippen molar-refractivity contribution in [1.29, 1.82) is 0 Å². The van der Waals surface area contributed by atoms with Crippen molar-refractivity contribution in [2.24, 2.45) is 10.9 Å². The fourth-order valence-corrected chi connectivity index (χ4v) is 3.28. The second-order valence-corrected chi connectivity index (χ2v) is 6.08. The monoisotopic (exact) mass is 311 g/mol. The van der Waals surface area contributed by atoms with Crippen LogP contribution in [-0.4, -0.2) is 26.2 Å². The van der Waals surface area contributed by atoms with Gasteiger partial charge in [-0.3, -0.25) is 10.1 Å². The Hall–Kier alpha value is -2.20. The van der Waals surface area contributed by atoms with E-state index < -0.39 is 4.92 Å². The van der Waals surface area contributed by atoms with Crippen LogP contribution in [0.25, 0.3) is 0 Å². The largest absolute Gasteiger partial charge is 0.409 e. The van der Waals surface area contributed by atoms with Gasteiger partial charge in [0.25, 0.3) is 5.69 Å². The van der Waals surface area contributed by atoms with Crippen LogP contribution in [0.5, 0.6) is 0 Å². The fraction of sp³-hybridized carbons (Fsp3) is 0.100. The van der Waals surface area contributed by atoms with Crippen molar-refractivity contribution in [3.8, 4) is 0 Å². The van der Waals surface area contributed by atoms with Crippen molar-refractivity contribution < 1.29 is 10.1 Å². The van der Waals surface area contributed by atoms with E-state index in [4.69, 9.17) is 10.9 Å². The molecule has 0 fully saturated rings. The molecule has 0 bridgehead atoms. The quantitative estimate of drug-likeness (QED) is 0.290. The second kappa shape index (κ2) is 5.84. The summed E-state index contributed by atoms with van der Waals surface area (Å²) in [5.74, 6) is -0.197. The Labute approximate surface area is 121 Å². The molecular weight excluding hydrogens is 302 g/mol. The van der Waals surface area contributed by atoms with Gasteiger partial charge in [-0.25, -0.2) is 0 Å². The highest BCUT2D eigenvalue weighted by Gasteiger charge is 2.16. The third-order valence-electron chi connectivity index (χ3n) is 2.26. The highest BCUT2D eigenvalue weighted by molar-refractivity contribution is 8.01. The minimum atomic E-state index is -0.544. The smallest absolute Gasteiger partial charge is 0.270 e. The average Bonchev–Trinajstić information content (AvgIpc) is 2.83. The lowest BCUT2D eigenvalue weighted by atomic mass is 10.2. The number of aryl methyl sites for hydroxylation is 1. The molecular formula is C10H9N5O3S2. The maximum absolute atomic E-state index is 10.8. The van der Waals surface area contributed by atoms with Crippen LogP contribution in [0.2, 0.25) is 0 Å². The number of nitro benzene ring substituents is 1. The third-order valence-corrected chi connectivity index (χ3v) is 4.23. The molecule has 0 unspecified atom stereocenters. The molecule has 1 heterocycles. The van der Waals surface area contributed by atoms with Crippen LogP contribution in [0.15, 0.2) is 32.6 Å². The summed E-state index contributed by atoms with van der Waals surface area (Å²) in [6.07, 6.45) is 0. The first-order valence-corrected chi connectivity index (χ1v) is 6.89. The molecule has 0 aliphatic rings. The number of benzene rings is 1. The van der Waals surface area contributed by atoms with Gasteiger partial charge >= 0.3 is 0 Å². The lowest BCUT2D eigenvalue weighted by Gasteiger charge is -2.05. The van der Waals surface area contributed by atoms with Crippen molar-refractivity contribution in [1.82, 2.24) is 10.2 Å². The Morgan fingerprint density at radius 2 is 2.30 bits per heavy atom. The van der Waals surface area contributed by atoms with Crippen molar-refractivity contribution in [3.63, 3.8) is 0 Å². The van der Waals surface area contributed by atoms with E-state index in [1.54, 1.807) is 0 Å². The van der Waals surface area contributed by atoms with E-state index in [1.165, 1.54) is 41.3 Å². The summed E-state index contributed by atoms with van der Waals surface area (Å²) in [7, 11) is 0. The molecule has 20 heavy (non-hydrogen) atoms. The minimum Gasteiger partial charge on any atom is -0.409 e. The van der Waals surface area contributed by atoms with Crippen LogP contribution >= 0.6 is 23.1 Å². The number of hydrogen-bond donors (Lipinski definition) is 2. The molecule has 2 rings (SSSR count). The van der Waals surface area contributed by atoms with Gasteiger partial charge in [-0.2, -0.15) is 0 Å². The van der Waals surface area contributed by atoms with E-state index in [-0.39, 0.29) is 17.1 Å². The maximum Gasteiger partial charge on any atom is 0.270 e. The van der Waals surface area contributed by atoms with E-state index in [0.29, 0.717) is 9.24 Å². The summed E-state index contributed by atoms with van der Waals surface area (Å²) in [5, 5.41) is 31.1. The van der Waals surface area contributed by atoms with Gasteiger partial charge in [0.05, 0.1) is 4.92 Å². The molecule has 0 spiro atoms. The molecule has 0 amide bonds. The van der Waals surface area contributed by atoms with Gasteiger partial charge in [-0.15, -0.1) is 10.2 Å². The van der Waals surface area contributed by atoms with Crippen LogP contribution in [-0.2, 0) is 0 Å². The van der Waals surface area contributed by atoms with E-state index in [0.717, 1.165) is 5.01 Å². The first kappa shape index (κ1) is 14.2. The number of hydrogen-bond acceptors (Lipinski definition) is 8. The van der Waals surface area contributed by atoms with E-state index >= 15 is 0 Å². The summed E-state index contributed by atoms with van der Waals surface area (Å²) in [5.41, 5.74) is 5.70. The normalized spacial score (nSPS) is 11.6. The van der Waals surface area contributed by atoms with Gasteiger partial charge in [-0.1, -0.05) is 28.3 Å². The van der Waals surface area contributed by atoms with Crippen LogP contribution in [0, 0.1) is 17.0 Å². The van der Waals surface area contributed by atoms with E-state index in [9.17, 15) is 10.1 Å². The van der Waals surface area contributed by atoms with Crippen LogP contribution < -0.4 is 5.73 Å². The van der Waals surface area contributed by atoms with Crippen LogP contribution in [0.4, 0.5) is 5.69 Å². The van der Waals surface area contributed by atoms with Crippen molar-refractivity contribution in [2.45, 2.75) is 16.2 Å². The minimum absolute atomic E-state index is 0.135. The molecule has 0 radical (unpaired) electrons. The molecule has 0 atom stereocenters. The van der Waals surface area contributed by atoms with Crippen molar-refractivity contribution >= 4 is 34.6 Å². The topological polar surface area (TPSA) is 128 Å². The Kier molecular flexibility index (Phi) is 4.15. The summed E-state index contributed by atoms with van der Waals surface area (Å²) < 4.78 is 0.670. The number of oxime groups is 1. The summed E-state index contributed by atoms with van der Waals surface area (Å²) in [6.45, 7) is 1.82. The van der Waals surface area contributed by atoms with Crippen LogP contribution in [0.1, 0.15) is 10.6 Å². The molecule has 1 aromatic heterocycles. The first-order valence-electron chi connectivity index (χ1n) is 5.25. The van der Waals surface area contributed by atoms with Gasteiger partial charge in [0.1, 0.15) is 5.01 Å². The second-order valence-electron chi connectivity index (χ2n) is 3.61. The summed E-state index contributed by atoms with van der Waals surface area (Å²) in [6, 6.07) is 4.14. The Balaban J connectivity index is 2.43. The molecule has 3 N–H and O–H groups in total. The Morgan fingerprint density at radius 1 is 1.55 bits per heavy atom. The molecule has 8 nitrogen and oxygen atoms in total.